The molecule has 0 spiro atoms. The summed E-state index contributed by atoms with van der Waals surface area (Å²) in [5, 5.41) is 2.66. The second kappa shape index (κ2) is 9.73. The number of carbonyl (C=O) groups excluding carboxylic acids is 1. The van der Waals surface area contributed by atoms with Crippen LogP contribution in [0.3, 0.4) is 0 Å². The lowest BCUT2D eigenvalue weighted by atomic mass is 9.95. The lowest BCUT2D eigenvalue weighted by molar-refractivity contribution is -0.136. The molecular weight excluding hydrogens is 407 g/mol. The molecule has 2 aromatic carbocycles. The summed E-state index contributed by atoms with van der Waals surface area (Å²) in [5.74, 6) is 0.415. The van der Waals surface area contributed by atoms with Crippen molar-refractivity contribution < 1.29 is 22.7 Å². The van der Waals surface area contributed by atoms with Crippen LogP contribution in [0.5, 0.6) is 5.75 Å². The van der Waals surface area contributed by atoms with Crippen LogP contribution in [0.2, 0.25) is 0 Å². The largest absolute Gasteiger partial charge is 0.492 e. The quantitative estimate of drug-likeness (QED) is 0.533. The Morgan fingerprint density at radius 3 is 2.29 bits per heavy atom. The number of benzene rings is 2. The Labute approximate surface area is 180 Å². The van der Waals surface area contributed by atoms with Crippen molar-refractivity contribution in [1.82, 2.24) is 0 Å². The Kier molecular flexibility index (Phi) is 7.55. The molecule has 8 heteroatoms. The minimum atomic E-state index is -4.60. The molecule has 0 atom stereocenters. The molecule has 1 N–H and O–H groups in total. The van der Waals surface area contributed by atoms with Gasteiger partial charge in [0.25, 0.3) is 0 Å². The second-order valence-corrected chi connectivity index (χ2v) is 8.35. The first-order chi connectivity index (χ1) is 14.4. The van der Waals surface area contributed by atoms with Gasteiger partial charge in [-0.1, -0.05) is 26.8 Å². The minimum absolute atomic E-state index is 0.170. The molecule has 0 heterocycles. The van der Waals surface area contributed by atoms with Crippen molar-refractivity contribution in [2.24, 2.45) is 5.41 Å². The standard InChI is InChI=1S/C23H26F3N3O2/c1-16(30)28-17-6-9-19(10-7-17)31-13-12-29(15-22(2,3)4)18-8-11-21(27-5)20(14-18)23(24,25)26/h6-11,14H,12-13,15H2,1-4H3,(H,28,30). The van der Waals surface area contributed by atoms with E-state index in [0.717, 1.165) is 6.07 Å². The van der Waals surface area contributed by atoms with Gasteiger partial charge in [0.2, 0.25) is 5.91 Å². The SMILES string of the molecule is [C-]#[N+]c1ccc(N(CCOc2ccc(NC(C)=O)cc2)CC(C)(C)C)cc1C(F)(F)F. The van der Waals surface area contributed by atoms with E-state index >= 15 is 0 Å². The number of anilines is 2. The lowest BCUT2D eigenvalue weighted by Crippen LogP contribution is -2.36. The number of nitrogens with zero attached hydrogens (tertiary/aromatic N) is 2. The van der Waals surface area contributed by atoms with Crippen molar-refractivity contribution >= 4 is 23.0 Å². The van der Waals surface area contributed by atoms with Crippen LogP contribution in [0.15, 0.2) is 42.5 Å². The smallest absolute Gasteiger partial charge is 0.407 e. The van der Waals surface area contributed by atoms with E-state index in [1.807, 2.05) is 25.7 Å². The number of hydrogen-bond donors (Lipinski definition) is 1. The Bertz CT molecular complexity index is 943. The average molecular weight is 433 g/mol. The van der Waals surface area contributed by atoms with E-state index in [2.05, 4.69) is 10.2 Å². The number of alkyl halides is 3. The van der Waals surface area contributed by atoms with E-state index in [1.165, 1.54) is 19.1 Å². The van der Waals surface area contributed by atoms with Gasteiger partial charge in [-0.2, -0.15) is 13.2 Å². The molecule has 0 saturated heterocycles. The molecule has 0 aliphatic heterocycles. The van der Waals surface area contributed by atoms with Gasteiger partial charge in [0.15, 0.2) is 5.69 Å². The van der Waals surface area contributed by atoms with Crippen molar-refractivity contribution in [3.05, 3.63) is 59.4 Å². The summed E-state index contributed by atoms with van der Waals surface area (Å²) in [6, 6.07) is 10.6. The number of halogens is 3. The Balaban J connectivity index is 2.16. The van der Waals surface area contributed by atoms with Gasteiger partial charge in [0.1, 0.15) is 12.4 Å². The van der Waals surface area contributed by atoms with Crippen LogP contribution >= 0.6 is 0 Å². The number of nitrogens with one attached hydrogen (secondary N) is 1. The van der Waals surface area contributed by atoms with Gasteiger partial charge < -0.3 is 15.0 Å². The molecule has 0 saturated carbocycles. The van der Waals surface area contributed by atoms with E-state index in [1.54, 1.807) is 24.3 Å². The van der Waals surface area contributed by atoms with Crippen molar-refractivity contribution in [2.75, 3.05) is 29.9 Å². The highest BCUT2D eigenvalue weighted by atomic mass is 19.4. The summed E-state index contributed by atoms with van der Waals surface area (Å²) in [6.07, 6.45) is -4.60. The fourth-order valence-electron chi connectivity index (χ4n) is 3.03. The summed E-state index contributed by atoms with van der Waals surface area (Å²) in [6.45, 7) is 15.6. The Morgan fingerprint density at radius 1 is 1.13 bits per heavy atom. The number of carbonyl (C=O) groups is 1. The minimum Gasteiger partial charge on any atom is -0.492 e. The normalized spacial score (nSPS) is 11.5. The second-order valence-electron chi connectivity index (χ2n) is 8.35. The predicted octanol–water partition coefficient (Wildman–Crippen LogP) is 6.15. The molecule has 0 aromatic heterocycles. The zero-order chi connectivity index (χ0) is 23.2. The van der Waals surface area contributed by atoms with Crippen molar-refractivity contribution in [3.63, 3.8) is 0 Å². The monoisotopic (exact) mass is 433 g/mol. The fourth-order valence-corrected chi connectivity index (χ4v) is 3.03. The summed E-state index contributed by atoms with van der Waals surface area (Å²) in [4.78, 5) is 15.9. The summed E-state index contributed by atoms with van der Waals surface area (Å²) >= 11 is 0. The van der Waals surface area contributed by atoms with Crippen LogP contribution in [-0.4, -0.2) is 25.6 Å². The predicted molar refractivity (Wildman–Crippen MR) is 116 cm³/mol. The molecule has 0 radical (unpaired) electrons. The lowest BCUT2D eigenvalue weighted by Gasteiger charge is -2.32. The van der Waals surface area contributed by atoms with E-state index in [4.69, 9.17) is 11.3 Å². The average Bonchev–Trinajstić information content (AvgIpc) is 2.66. The van der Waals surface area contributed by atoms with E-state index < -0.39 is 17.4 Å². The summed E-state index contributed by atoms with van der Waals surface area (Å²) < 4.78 is 45.9. The fraction of sp³-hybridized carbons (Fsp3) is 0.391. The third kappa shape index (κ3) is 7.52. The first-order valence-electron chi connectivity index (χ1n) is 9.73. The first kappa shape index (κ1) is 24.1. The third-order valence-electron chi connectivity index (χ3n) is 4.24. The topological polar surface area (TPSA) is 45.9 Å². The first-order valence-corrected chi connectivity index (χ1v) is 9.73. The summed E-state index contributed by atoms with van der Waals surface area (Å²) in [7, 11) is 0. The van der Waals surface area contributed by atoms with Crippen LogP contribution in [0.1, 0.15) is 33.3 Å². The highest BCUT2D eigenvalue weighted by Crippen LogP contribution is 2.39. The molecule has 0 fully saturated rings. The number of hydrogen-bond acceptors (Lipinski definition) is 3. The maximum absolute atomic E-state index is 13.4. The van der Waals surface area contributed by atoms with Gasteiger partial charge in [0.05, 0.1) is 18.7 Å². The van der Waals surface area contributed by atoms with Gasteiger partial charge in [0, 0.05) is 24.8 Å². The molecule has 2 aromatic rings. The molecule has 31 heavy (non-hydrogen) atoms. The number of amides is 1. The Morgan fingerprint density at radius 2 is 1.77 bits per heavy atom. The molecule has 0 aliphatic carbocycles. The summed E-state index contributed by atoms with van der Waals surface area (Å²) in [5.41, 5.74) is -0.486. The zero-order valence-electron chi connectivity index (χ0n) is 18.0. The highest BCUT2D eigenvalue weighted by molar-refractivity contribution is 5.88. The van der Waals surface area contributed by atoms with Crippen LogP contribution in [0, 0.1) is 12.0 Å². The molecule has 5 nitrogen and oxygen atoms in total. The van der Waals surface area contributed by atoms with E-state index in [-0.39, 0.29) is 17.9 Å². The van der Waals surface area contributed by atoms with Gasteiger partial charge >= 0.3 is 6.18 Å². The van der Waals surface area contributed by atoms with Crippen LogP contribution < -0.4 is 15.0 Å². The van der Waals surface area contributed by atoms with Gasteiger partial charge in [-0.25, -0.2) is 4.85 Å². The molecular formula is C23H26F3N3O2. The molecule has 1 amide bonds. The van der Waals surface area contributed by atoms with Gasteiger partial charge in [-0.05, 0) is 41.8 Å². The number of ether oxygens (including phenoxy) is 1. The van der Waals surface area contributed by atoms with E-state index in [9.17, 15) is 18.0 Å². The van der Waals surface area contributed by atoms with Crippen molar-refractivity contribution in [2.45, 2.75) is 33.9 Å². The van der Waals surface area contributed by atoms with Crippen molar-refractivity contribution in [3.8, 4) is 5.75 Å². The number of rotatable bonds is 7. The Hall–Kier alpha value is -3.21. The molecule has 0 bridgehead atoms. The van der Waals surface area contributed by atoms with Gasteiger partial charge in [-0.3, -0.25) is 4.79 Å². The van der Waals surface area contributed by atoms with E-state index in [0.29, 0.717) is 30.2 Å². The molecule has 2 rings (SSSR count). The van der Waals surface area contributed by atoms with Crippen LogP contribution in [0.25, 0.3) is 4.85 Å². The third-order valence-corrected chi connectivity index (χ3v) is 4.24. The van der Waals surface area contributed by atoms with Gasteiger partial charge in [-0.15, -0.1) is 0 Å². The maximum atomic E-state index is 13.4. The highest BCUT2D eigenvalue weighted by Gasteiger charge is 2.34. The molecule has 0 aliphatic rings. The van der Waals surface area contributed by atoms with Crippen LogP contribution in [0.4, 0.5) is 30.2 Å². The maximum Gasteiger partial charge on any atom is 0.407 e. The molecule has 166 valence electrons. The molecule has 0 unspecified atom stereocenters. The van der Waals surface area contributed by atoms with Crippen molar-refractivity contribution in [1.29, 1.82) is 0 Å². The zero-order valence-corrected chi connectivity index (χ0v) is 18.0. The van der Waals surface area contributed by atoms with Crippen LogP contribution in [-0.2, 0) is 11.0 Å².